The van der Waals surface area contributed by atoms with Gasteiger partial charge in [0.15, 0.2) is 0 Å². The van der Waals surface area contributed by atoms with Gasteiger partial charge in [-0.1, -0.05) is 40.0 Å². The van der Waals surface area contributed by atoms with Gasteiger partial charge in [0.05, 0.1) is 0 Å². The monoisotopic (exact) mass is 192 g/mol. The van der Waals surface area contributed by atoms with Crippen LogP contribution >= 0.6 is 0 Å². The Morgan fingerprint density at radius 2 is 1.64 bits per heavy atom. The maximum atomic E-state index is 3.36. The highest BCUT2D eigenvalue weighted by molar-refractivity contribution is 5.02. The molecule has 0 N–H and O–H groups in total. The molecule has 0 saturated heterocycles. The first kappa shape index (κ1) is 11.6. The van der Waals surface area contributed by atoms with Crippen LogP contribution in [-0.2, 0) is 0 Å². The lowest BCUT2D eigenvalue weighted by Gasteiger charge is -2.19. The van der Waals surface area contributed by atoms with Crippen LogP contribution in [0.3, 0.4) is 0 Å². The zero-order chi connectivity index (χ0) is 10.4. The zero-order valence-electron chi connectivity index (χ0n) is 10.0. The second kappa shape index (κ2) is 5.44. The second-order valence-electron chi connectivity index (χ2n) is 5.80. The van der Waals surface area contributed by atoms with Crippen LogP contribution in [0.2, 0.25) is 0 Å². The van der Waals surface area contributed by atoms with Crippen molar-refractivity contribution < 1.29 is 0 Å². The van der Waals surface area contributed by atoms with E-state index in [-0.39, 0.29) is 0 Å². The quantitative estimate of drug-likeness (QED) is 0.540. The van der Waals surface area contributed by atoms with Crippen molar-refractivity contribution in [3.63, 3.8) is 0 Å². The van der Waals surface area contributed by atoms with Gasteiger partial charge in [0.1, 0.15) is 0 Å². The maximum absolute atomic E-state index is 3.36. The highest BCUT2D eigenvalue weighted by Crippen LogP contribution is 2.25. The molecule has 1 aliphatic rings. The molecule has 0 aromatic rings. The summed E-state index contributed by atoms with van der Waals surface area (Å²) in [6.07, 6.45) is 9.35. The molecule has 1 fully saturated rings. The number of hydrogen-bond acceptors (Lipinski definition) is 0. The van der Waals surface area contributed by atoms with E-state index in [1.165, 1.54) is 32.1 Å². The first-order chi connectivity index (χ1) is 6.58. The fourth-order valence-corrected chi connectivity index (χ4v) is 1.94. The highest BCUT2D eigenvalue weighted by Gasteiger charge is 2.11. The third-order valence-corrected chi connectivity index (χ3v) is 2.86. The van der Waals surface area contributed by atoms with Crippen molar-refractivity contribution >= 4 is 0 Å². The van der Waals surface area contributed by atoms with E-state index < -0.39 is 0 Å². The van der Waals surface area contributed by atoms with E-state index in [0.717, 1.165) is 18.8 Å². The smallest absolute Gasteiger partial charge is 0.0137 e. The number of hydrogen-bond donors (Lipinski definition) is 0. The molecule has 1 aliphatic carbocycles. The van der Waals surface area contributed by atoms with Gasteiger partial charge in [-0.05, 0) is 24.2 Å². The molecule has 0 aromatic carbocycles. The van der Waals surface area contributed by atoms with Gasteiger partial charge in [-0.2, -0.15) is 0 Å². The molecule has 0 bridgehead atoms. The summed E-state index contributed by atoms with van der Waals surface area (Å²) in [6.45, 7) is 6.76. The molecular weight excluding hydrogens is 168 g/mol. The molecule has 14 heavy (non-hydrogen) atoms. The maximum Gasteiger partial charge on any atom is 0.0137 e. The molecule has 0 heteroatoms. The first-order valence-electron chi connectivity index (χ1n) is 6.04. The molecule has 0 aliphatic heterocycles. The van der Waals surface area contributed by atoms with Gasteiger partial charge in [-0.3, -0.25) is 0 Å². The normalized spacial score (nSPS) is 18.8. The average Bonchev–Trinajstić information content (AvgIpc) is 2.13. The summed E-state index contributed by atoms with van der Waals surface area (Å²) in [7, 11) is 0. The van der Waals surface area contributed by atoms with Gasteiger partial charge in [-0.15, -0.1) is 11.8 Å². The summed E-state index contributed by atoms with van der Waals surface area (Å²) >= 11 is 0. The molecule has 0 spiro atoms. The minimum Gasteiger partial charge on any atom is -0.103 e. The van der Waals surface area contributed by atoms with Crippen LogP contribution in [0, 0.1) is 23.2 Å². The van der Waals surface area contributed by atoms with Crippen molar-refractivity contribution in [1.29, 1.82) is 0 Å². The average molecular weight is 192 g/mol. The largest absolute Gasteiger partial charge is 0.103 e. The van der Waals surface area contributed by atoms with Gasteiger partial charge in [0.25, 0.3) is 0 Å². The minimum absolute atomic E-state index is 0.375. The van der Waals surface area contributed by atoms with Crippen molar-refractivity contribution in [2.24, 2.45) is 11.3 Å². The van der Waals surface area contributed by atoms with Gasteiger partial charge in [0, 0.05) is 12.8 Å². The Kier molecular flexibility index (Phi) is 4.52. The van der Waals surface area contributed by atoms with Crippen LogP contribution in [0.5, 0.6) is 0 Å². The Hall–Kier alpha value is -0.440. The molecule has 1 saturated carbocycles. The first-order valence-corrected chi connectivity index (χ1v) is 6.04. The predicted molar refractivity (Wildman–Crippen MR) is 63.0 cm³/mol. The lowest BCUT2D eigenvalue weighted by molar-refractivity contribution is 0.364. The Balaban J connectivity index is 2.18. The molecule has 0 aromatic heterocycles. The van der Waals surface area contributed by atoms with Gasteiger partial charge < -0.3 is 0 Å². The van der Waals surface area contributed by atoms with E-state index in [9.17, 15) is 0 Å². The van der Waals surface area contributed by atoms with Crippen LogP contribution < -0.4 is 0 Å². The molecule has 1 rings (SSSR count). The fraction of sp³-hybridized carbons (Fsp3) is 0.857. The van der Waals surface area contributed by atoms with Gasteiger partial charge in [-0.25, -0.2) is 0 Å². The van der Waals surface area contributed by atoms with E-state index in [1.807, 2.05) is 0 Å². The predicted octanol–water partition coefficient (Wildman–Crippen LogP) is 4.40. The van der Waals surface area contributed by atoms with Crippen molar-refractivity contribution in [2.75, 3.05) is 0 Å². The Morgan fingerprint density at radius 1 is 1.00 bits per heavy atom. The molecule has 0 atom stereocenters. The van der Waals surface area contributed by atoms with Crippen LogP contribution in [-0.4, -0.2) is 0 Å². The van der Waals surface area contributed by atoms with E-state index in [4.69, 9.17) is 0 Å². The Morgan fingerprint density at radius 3 is 2.21 bits per heavy atom. The highest BCUT2D eigenvalue weighted by atomic mass is 14.2. The molecule has 0 heterocycles. The Bertz CT molecular complexity index is 202. The summed E-state index contributed by atoms with van der Waals surface area (Å²) in [5.74, 6) is 7.60. The molecule has 0 amide bonds. The van der Waals surface area contributed by atoms with E-state index in [2.05, 4.69) is 32.6 Å². The molecule has 80 valence electrons. The van der Waals surface area contributed by atoms with Gasteiger partial charge in [0.2, 0.25) is 0 Å². The summed E-state index contributed by atoms with van der Waals surface area (Å²) < 4.78 is 0. The topological polar surface area (TPSA) is 0 Å². The SMILES string of the molecule is CC(C)(C)CC#CCC1CCCCC1. The second-order valence-corrected chi connectivity index (χ2v) is 5.80. The van der Waals surface area contributed by atoms with Crippen LogP contribution in [0.4, 0.5) is 0 Å². The fourth-order valence-electron chi connectivity index (χ4n) is 1.94. The van der Waals surface area contributed by atoms with Gasteiger partial charge >= 0.3 is 0 Å². The summed E-state index contributed by atoms with van der Waals surface area (Å²) in [6, 6.07) is 0. The van der Waals surface area contributed by atoms with Crippen molar-refractivity contribution in [3.05, 3.63) is 0 Å². The summed E-state index contributed by atoms with van der Waals surface area (Å²) in [4.78, 5) is 0. The van der Waals surface area contributed by atoms with Crippen LogP contribution in [0.15, 0.2) is 0 Å². The molecule has 0 unspecified atom stereocenters. The minimum atomic E-state index is 0.375. The zero-order valence-corrected chi connectivity index (χ0v) is 10.0. The third-order valence-electron chi connectivity index (χ3n) is 2.86. The van der Waals surface area contributed by atoms with Crippen molar-refractivity contribution in [2.45, 2.75) is 65.7 Å². The van der Waals surface area contributed by atoms with Crippen molar-refractivity contribution in [1.82, 2.24) is 0 Å². The van der Waals surface area contributed by atoms with E-state index in [1.54, 1.807) is 0 Å². The number of rotatable bonds is 1. The van der Waals surface area contributed by atoms with Crippen LogP contribution in [0.1, 0.15) is 65.7 Å². The van der Waals surface area contributed by atoms with E-state index >= 15 is 0 Å². The summed E-state index contributed by atoms with van der Waals surface area (Å²) in [5, 5.41) is 0. The molecule has 0 nitrogen and oxygen atoms in total. The van der Waals surface area contributed by atoms with E-state index in [0.29, 0.717) is 5.41 Å². The summed E-state index contributed by atoms with van der Waals surface area (Å²) in [5.41, 5.74) is 0.375. The molecule has 0 radical (unpaired) electrons. The standard InChI is InChI=1S/C14H24/c1-14(2,3)12-8-7-11-13-9-5-4-6-10-13/h13H,4-6,9-12H2,1-3H3. The third kappa shape index (κ3) is 5.32. The lowest BCUT2D eigenvalue weighted by atomic mass is 9.87. The van der Waals surface area contributed by atoms with Crippen LogP contribution in [0.25, 0.3) is 0 Å². The van der Waals surface area contributed by atoms with Crippen molar-refractivity contribution in [3.8, 4) is 11.8 Å². The Labute approximate surface area is 89.5 Å². The molecular formula is C14H24. The lowest BCUT2D eigenvalue weighted by Crippen LogP contribution is -2.05.